The first-order valence-corrected chi connectivity index (χ1v) is 11.7. The molecule has 2 aliphatic heterocycles. The number of benzene rings is 2. The Morgan fingerprint density at radius 2 is 1.74 bits per heavy atom. The maximum atomic E-state index is 12.7. The van der Waals surface area contributed by atoms with E-state index in [1.165, 1.54) is 10.9 Å². The van der Waals surface area contributed by atoms with Crippen molar-refractivity contribution in [2.45, 2.75) is 24.9 Å². The van der Waals surface area contributed by atoms with Gasteiger partial charge < -0.3 is 14.7 Å². The van der Waals surface area contributed by atoms with E-state index in [0.29, 0.717) is 12.2 Å². The van der Waals surface area contributed by atoms with Crippen LogP contribution in [0.2, 0.25) is 0 Å². The van der Waals surface area contributed by atoms with Crippen molar-refractivity contribution in [2.75, 3.05) is 18.5 Å². The average molecular weight is 473 g/mol. The van der Waals surface area contributed by atoms with E-state index in [0.717, 1.165) is 28.7 Å². The summed E-state index contributed by atoms with van der Waals surface area (Å²) in [7, 11) is 0. The summed E-state index contributed by atoms with van der Waals surface area (Å²) in [5.41, 5.74) is 5.02. The van der Waals surface area contributed by atoms with Crippen LogP contribution < -0.4 is 5.32 Å². The van der Waals surface area contributed by atoms with E-state index in [4.69, 9.17) is 4.74 Å². The van der Waals surface area contributed by atoms with Crippen LogP contribution in [0.4, 0.5) is 10.5 Å². The summed E-state index contributed by atoms with van der Waals surface area (Å²) in [6.45, 7) is 0.670. The molecule has 0 radical (unpaired) electrons. The molecule has 2 aromatic carbocycles. The van der Waals surface area contributed by atoms with Crippen LogP contribution in [0.25, 0.3) is 11.1 Å². The monoisotopic (exact) mass is 472 g/mol. The highest BCUT2D eigenvalue weighted by atomic mass is 16.5. The third-order valence-electron chi connectivity index (χ3n) is 7.42. The maximum Gasteiger partial charge on any atom is 0.411 e. The summed E-state index contributed by atoms with van der Waals surface area (Å²) in [6.07, 6.45) is 3.17. The first-order chi connectivity index (χ1) is 17.0. The molecule has 2 saturated heterocycles. The predicted molar refractivity (Wildman–Crippen MR) is 126 cm³/mol. The molecule has 9 nitrogen and oxygen atoms in total. The minimum absolute atomic E-state index is 0.0120. The second-order valence-electron chi connectivity index (χ2n) is 9.35. The number of ether oxygens (including phenoxy) is 1. The fraction of sp³-hybridized carbons (Fsp3) is 0.308. The third-order valence-corrected chi connectivity index (χ3v) is 7.42. The zero-order valence-corrected chi connectivity index (χ0v) is 18.8. The number of nitrogens with one attached hydrogen (secondary N) is 1. The van der Waals surface area contributed by atoms with Crippen LogP contribution in [0.5, 0.6) is 0 Å². The molecule has 3 heterocycles. The molecule has 7 rings (SSSR count). The first-order valence-electron chi connectivity index (χ1n) is 11.7. The lowest BCUT2D eigenvalue weighted by Gasteiger charge is -2.33. The van der Waals surface area contributed by atoms with E-state index in [1.807, 2.05) is 24.3 Å². The Balaban J connectivity index is 1.05. The van der Waals surface area contributed by atoms with Gasteiger partial charge in [-0.1, -0.05) is 48.5 Å². The van der Waals surface area contributed by atoms with Crippen molar-refractivity contribution < 1.29 is 24.2 Å². The number of aromatic nitrogens is 2. The van der Waals surface area contributed by atoms with Crippen molar-refractivity contribution >= 4 is 23.7 Å². The maximum absolute atomic E-state index is 12.7. The first kappa shape index (κ1) is 21.4. The number of carboxylic acid groups (broad SMARTS) is 1. The third kappa shape index (κ3) is 3.63. The van der Waals surface area contributed by atoms with Crippen molar-refractivity contribution in [3.8, 4) is 11.1 Å². The lowest BCUT2D eigenvalue weighted by atomic mass is 9.74. The Bertz CT molecular complexity index is 1290. The van der Waals surface area contributed by atoms with Gasteiger partial charge in [0.05, 0.1) is 17.8 Å². The number of carbonyl (C=O) groups is 3. The van der Waals surface area contributed by atoms with Gasteiger partial charge in [0.1, 0.15) is 13.2 Å². The summed E-state index contributed by atoms with van der Waals surface area (Å²) >= 11 is 0. The van der Waals surface area contributed by atoms with Crippen LogP contribution in [0.1, 0.15) is 23.5 Å². The summed E-state index contributed by atoms with van der Waals surface area (Å²) in [5.74, 6) is -1.45. The van der Waals surface area contributed by atoms with Crippen molar-refractivity contribution in [1.29, 1.82) is 0 Å². The van der Waals surface area contributed by atoms with Gasteiger partial charge in [-0.15, -0.1) is 0 Å². The molecule has 35 heavy (non-hydrogen) atoms. The number of amides is 2. The summed E-state index contributed by atoms with van der Waals surface area (Å²) < 4.78 is 6.99. The van der Waals surface area contributed by atoms with Crippen LogP contribution in [-0.4, -0.2) is 57.0 Å². The van der Waals surface area contributed by atoms with Gasteiger partial charge in [-0.3, -0.25) is 19.6 Å². The molecule has 1 aromatic heterocycles. The molecule has 3 unspecified atom stereocenters. The fourth-order valence-corrected chi connectivity index (χ4v) is 5.77. The van der Waals surface area contributed by atoms with Crippen LogP contribution in [-0.2, 0) is 20.9 Å². The highest BCUT2D eigenvalue weighted by Gasteiger charge is 2.57. The van der Waals surface area contributed by atoms with Gasteiger partial charge in [0.15, 0.2) is 0 Å². The number of rotatable bonds is 6. The van der Waals surface area contributed by atoms with Crippen molar-refractivity contribution in [2.24, 2.45) is 11.8 Å². The second kappa shape index (κ2) is 8.26. The number of carbonyl (C=O) groups excluding carboxylic acids is 2. The number of carboxylic acids is 1. The van der Waals surface area contributed by atoms with E-state index in [1.54, 1.807) is 11.1 Å². The summed E-state index contributed by atoms with van der Waals surface area (Å²) in [5, 5.41) is 16.1. The van der Waals surface area contributed by atoms with E-state index in [2.05, 4.69) is 34.7 Å². The highest BCUT2D eigenvalue weighted by molar-refractivity contribution is 5.85. The molecule has 0 spiro atoms. The normalized spacial score (nSPS) is 21.7. The molecule has 2 aliphatic carbocycles. The Morgan fingerprint density at radius 3 is 2.40 bits per heavy atom. The van der Waals surface area contributed by atoms with Crippen LogP contribution in [0, 0.1) is 11.8 Å². The van der Waals surface area contributed by atoms with Crippen molar-refractivity contribution in [1.82, 2.24) is 14.7 Å². The summed E-state index contributed by atoms with van der Waals surface area (Å²) in [6, 6.07) is 16.0. The molecular weight excluding hydrogens is 448 g/mol. The number of hydrogen-bond acceptors (Lipinski definition) is 5. The fourth-order valence-electron chi connectivity index (χ4n) is 5.77. The van der Waals surface area contributed by atoms with Crippen LogP contribution in [0.15, 0.2) is 60.9 Å². The topological polar surface area (TPSA) is 114 Å². The van der Waals surface area contributed by atoms with Gasteiger partial charge in [0.2, 0.25) is 5.91 Å². The number of anilines is 1. The second-order valence-corrected chi connectivity index (χ2v) is 9.35. The molecule has 2 amide bonds. The lowest BCUT2D eigenvalue weighted by molar-refractivity contribution is -0.148. The highest BCUT2D eigenvalue weighted by Crippen LogP contribution is 2.46. The zero-order valence-electron chi connectivity index (χ0n) is 18.8. The molecule has 3 aromatic rings. The van der Waals surface area contributed by atoms with Crippen molar-refractivity contribution in [3.63, 3.8) is 0 Å². The Labute approximate surface area is 201 Å². The minimum atomic E-state index is -0.838. The van der Waals surface area contributed by atoms with Gasteiger partial charge in [-0.05, 0) is 34.6 Å². The summed E-state index contributed by atoms with van der Waals surface area (Å²) in [4.78, 5) is 38.1. The van der Waals surface area contributed by atoms with Crippen LogP contribution in [0.3, 0.4) is 0 Å². The Morgan fingerprint density at radius 1 is 1.06 bits per heavy atom. The smallest absolute Gasteiger partial charge is 0.411 e. The van der Waals surface area contributed by atoms with Crippen molar-refractivity contribution in [3.05, 3.63) is 72.1 Å². The number of nitrogens with zero attached hydrogens (tertiary/aromatic N) is 3. The number of hydrogen-bond donors (Lipinski definition) is 2. The predicted octanol–water partition coefficient (Wildman–Crippen LogP) is 3.18. The SMILES string of the molecule is O=C(Nc1cnn(CC(=O)N2CC3CC2C3C(=O)O)c1)OCC1c2ccccc2-c2ccccc21. The van der Waals surface area contributed by atoms with Gasteiger partial charge >= 0.3 is 12.1 Å². The van der Waals surface area contributed by atoms with Gasteiger partial charge in [0.25, 0.3) is 0 Å². The van der Waals surface area contributed by atoms with Gasteiger partial charge in [0, 0.05) is 24.7 Å². The lowest BCUT2D eigenvalue weighted by Crippen LogP contribution is -2.45. The molecule has 178 valence electrons. The number of aliphatic carboxylic acids is 1. The van der Waals surface area contributed by atoms with Gasteiger partial charge in [-0.2, -0.15) is 5.10 Å². The Hall–Kier alpha value is -4.14. The standard InChI is InChI=1S/C26H24N4O5/c31-23(30-11-15-9-22(30)24(15)25(32)33)13-29-12-16(10-27-29)28-26(34)35-14-21-19-7-3-1-5-17(19)18-6-2-4-8-20(18)21/h1-8,10,12,15,21-22,24H,9,11,13-14H2,(H,28,34)(H,32,33). The molecule has 9 heteroatoms. The molecule has 3 fully saturated rings. The molecule has 2 bridgehead atoms. The van der Waals surface area contributed by atoms with Crippen LogP contribution >= 0.6 is 0 Å². The van der Waals surface area contributed by atoms with Gasteiger partial charge in [-0.25, -0.2) is 4.79 Å². The van der Waals surface area contributed by atoms with E-state index < -0.39 is 18.0 Å². The Kier molecular flexibility index (Phi) is 5.05. The molecular formula is C26H24N4O5. The van der Waals surface area contributed by atoms with E-state index >= 15 is 0 Å². The molecule has 2 N–H and O–H groups in total. The van der Waals surface area contributed by atoms with E-state index in [9.17, 15) is 19.5 Å². The molecule has 4 aliphatic rings. The molecule has 1 saturated carbocycles. The molecule has 3 atom stereocenters. The largest absolute Gasteiger partial charge is 0.481 e. The minimum Gasteiger partial charge on any atom is -0.481 e. The average Bonchev–Trinajstić information content (AvgIpc) is 3.59. The van der Waals surface area contributed by atoms with E-state index in [-0.39, 0.29) is 36.9 Å². The quantitative estimate of drug-likeness (QED) is 0.570. The zero-order chi connectivity index (χ0) is 24.1. The number of fused-ring (bicyclic) bond motifs is 4.